The van der Waals surface area contributed by atoms with Crippen LogP contribution in [0.25, 0.3) is 0 Å². The van der Waals surface area contributed by atoms with Crippen LogP contribution in [0, 0.1) is 0 Å². The van der Waals surface area contributed by atoms with Gasteiger partial charge in [0.1, 0.15) is 5.75 Å². The lowest BCUT2D eigenvalue weighted by molar-refractivity contribution is -0.122. The number of hydrogen-bond donors (Lipinski definition) is 2. The van der Waals surface area contributed by atoms with Gasteiger partial charge in [0.2, 0.25) is 5.91 Å². The summed E-state index contributed by atoms with van der Waals surface area (Å²) < 4.78 is 5.51. The van der Waals surface area contributed by atoms with Gasteiger partial charge < -0.3 is 15.2 Å². The quantitative estimate of drug-likeness (QED) is 0.779. The van der Waals surface area contributed by atoms with Crippen molar-refractivity contribution in [2.24, 2.45) is 0 Å². The Labute approximate surface area is 141 Å². The first-order valence-corrected chi connectivity index (χ1v) is 7.91. The summed E-state index contributed by atoms with van der Waals surface area (Å²) in [6.07, 6.45) is 0.696. The third kappa shape index (κ3) is 5.58. The van der Waals surface area contributed by atoms with E-state index in [2.05, 4.69) is 5.32 Å². The topological polar surface area (TPSA) is 58.6 Å². The summed E-state index contributed by atoms with van der Waals surface area (Å²) in [5.74, 6) is 0.441. The predicted octanol–water partition coefficient (Wildman–Crippen LogP) is 3.35. The van der Waals surface area contributed by atoms with Crippen LogP contribution in [0.1, 0.15) is 24.4 Å². The number of aliphatic hydroxyl groups is 1. The average Bonchev–Trinajstić information content (AvgIpc) is 2.57. The number of nitrogens with one attached hydrogen (secondary N) is 1. The first kappa shape index (κ1) is 17.3. The number of benzene rings is 2. The second kappa shape index (κ2) is 9.18. The maximum atomic E-state index is 12.1. The highest BCUT2D eigenvalue weighted by molar-refractivity contribution is 6.32. The first-order chi connectivity index (χ1) is 11.2. The molecule has 4 nitrogen and oxygen atoms in total. The molecule has 5 heteroatoms. The number of carbonyl (C=O) groups is 1. The highest BCUT2D eigenvalue weighted by Crippen LogP contribution is 2.23. The third-order valence-electron chi connectivity index (χ3n) is 3.38. The molecule has 2 rings (SSSR count). The van der Waals surface area contributed by atoms with E-state index in [0.717, 1.165) is 5.56 Å². The zero-order valence-electron chi connectivity index (χ0n) is 12.7. The van der Waals surface area contributed by atoms with Crippen LogP contribution in [0.5, 0.6) is 5.75 Å². The fraction of sp³-hybridized carbons (Fsp3) is 0.278. The van der Waals surface area contributed by atoms with Crippen molar-refractivity contribution in [3.8, 4) is 5.75 Å². The molecule has 0 aliphatic carbocycles. The van der Waals surface area contributed by atoms with Crippen LogP contribution in [0.15, 0.2) is 54.6 Å². The van der Waals surface area contributed by atoms with Crippen molar-refractivity contribution in [2.75, 3.05) is 13.2 Å². The summed E-state index contributed by atoms with van der Waals surface area (Å²) in [6, 6.07) is 16.5. The maximum absolute atomic E-state index is 12.1. The Bertz CT molecular complexity index is 619. The highest BCUT2D eigenvalue weighted by Gasteiger charge is 2.14. The molecule has 0 aliphatic rings. The summed E-state index contributed by atoms with van der Waals surface area (Å²) in [4.78, 5) is 12.1. The number of halogens is 1. The fourth-order valence-corrected chi connectivity index (χ4v) is 2.41. The molecule has 23 heavy (non-hydrogen) atoms. The number of hydrogen-bond acceptors (Lipinski definition) is 3. The van der Waals surface area contributed by atoms with E-state index in [1.165, 1.54) is 0 Å². The van der Waals surface area contributed by atoms with Crippen molar-refractivity contribution in [1.29, 1.82) is 0 Å². The molecule has 0 heterocycles. The second-order valence-corrected chi connectivity index (χ2v) is 5.48. The monoisotopic (exact) mass is 333 g/mol. The summed E-state index contributed by atoms with van der Waals surface area (Å²) in [6.45, 7) is 0.256. The number of carbonyl (C=O) groups excluding carboxylic acids is 1. The molecule has 0 saturated heterocycles. The van der Waals surface area contributed by atoms with Gasteiger partial charge in [-0.15, -0.1) is 0 Å². The molecule has 0 saturated carbocycles. The highest BCUT2D eigenvalue weighted by atomic mass is 35.5. The number of amides is 1. The van der Waals surface area contributed by atoms with Gasteiger partial charge in [0, 0.05) is 6.61 Å². The molecule has 1 amide bonds. The van der Waals surface area contributed by atoms with Gasteiger partial charge in [-0.1, -0.05) is 54.1 Å². The van der Waals surface area contributed by atoms with Crippen LogP contribution < -0.4 is 10.1 Å². The second-order valence-electron chi connectivity index (χ2n) is 5.07. The van der Waals surface area contributed by atoms with Gasteiger partial charge in [0.15, 0.2) is 0 Å². The Morgan fingerprint density at radius 3 is 2.52 bits per heavy atom. The van der Waals surface area contributed by atoms with E-state index in [1.807, 2.05) is 42.5 Å². The van der Waals surface area contributed by atoms with Crippen molar-refractivity contribution in [1.82, 2.24) is 5.32 Å². The lowest BCUT2D eigenvalue weighted by atomic mass is 10.0. The van der Waals surface area contributed by atoms with Gasteiger partial charge in [0.05, 0.1) is 24.1 Å². The third-order valence-corrected chi connectivity index (χ3v) is 3.69. The molecule has 1 atom stereocenters. The summed E-state index contributed by atoms with van der Waals surface area (Å²) >= 11 is 5.99. The molecule has 0 radical (unpaired) electrons. The van der Waals surface area contributed by atoms with E-state index in [9.17, 15) is 9.90 Å². The summed E-state index contributed by atoms with van der Waals surface area (Å²) in [5, 5.41) is 12.6. The Morgan fingerprint density at radius 2 is 1.83 bits per heavy atom. The van der Waals surface area contributed by atoms with Crippen LogP contribution in [-0.2, 0) is 4.79 Å². The number of rotatable bonds is 8. The van der Waals surface area contributed by atoms with Gasteiger partial charge in [-0.05, 0) is 24.1 Å². The Hall–Kier alpha value is -2.04. The Balaban J connectivity index is 1.84. The van der Waals surface area contributed by atoms with E-state index in [0.29, 0.717) is 17.2 Å². The fourth-order valence-electron chi connectivity index (χ4n) is 2.22. The SMILES string of the molecule is O=C(CCOc1ccccc1Cl)NC(CCO)c1ccccc1. The number of aliphatic hydroxyl groups excluding tert-OH is 1. The number of para-hydroxylation sites is 1. The molecule has 2 N–H and O–H groups in total. The number of ether oxygens (including phenoxy) is 1. The minimum absolute atomic E-state index is 0.00989. The predicted molar refractivity (Wildman–Crippen MR) is 90.6 cm³/mol. The van der Waals surface area contributed by atoms with Crippen LogP contribution in [0.3, 0.4) is 0 Å². The van der Waals surface area contributed by atoms with Crippen LogP contribution in [0.4, 0.5) is 0 Å². The maximum Gasteiger partial charge on any atom is 0.223 e. The first-order valence-electron chi connectivity index (χ1n) is 7.53. The van der Waals surface area contributed by atoms with Gasteiger partial charge >= 0.3 is 0 Å². The molecule has 0 aromatic heterocycles. The van der Waals surface area contributed by atoms with Crippen LogP contribution in [0.2, 0.25) is 5.02 Å². The van der Waals surface area contributed by atoms with E-state index >= 15 is 0 Å². The largest absolute Gasteiger partial charge is 0.491 e. The van der Waals surface area contributed by atoms with Crippen LogP contribution >= 0.6 is 11.6 Å². The van der Waals surface area contributed by atoms with Gasteiger partial charge in [-0.2, -0.15) is 0 Å². The minimum Gasteiger partial charge on any atom is -0.491 e. The van der Waals surface area contributed by atoms with E-state index in [-0.39, 0.29) is 31.6 Å². The van der Waals surface area contributed by atoms with Gasteiger partial charge in [-0.3, -0.25) is 4.79 Å². The minimum atomic E-state index is -0.200. The standard InChI is InChI=1S/C18H20ClNO3/c19-15-8-4-5-9-17(15)23-13-11-18(22)20-16(10-12-21)14-6-2-1-3-7-14/h1-9,16,21H,10-13H2,(H,20,22). The molecular formula is C18H20ClNO3. The average molecular weight is 334 g/mol. The van der Waals surface area contributed by atoms with Gasteiger partial charge in [-0.25, -0.2) is 0 Å². The molecule has 0 fully saturated rings. The normalized spacial score (nSPS) is 11.7. The van der Waals surface area contributed by atoms with E-state index in [1.54, 1.807) is 12.1 Å². The lowest BCUT2D eigenvalue weighted by Gasteiger charge is -2.18. The van der Waals surface area contributed by atoms with Gasteiger partial charge in [0.25, 0.3) is 0 Å². The van der Waals surface area contributed by atoms with Crippen molar-refractivity contribution in [3.05, 3.63) is 65.2 Å². The van der Waals surface area contributed by atoms with E-state index in [4.69, 9.17) is 16.3 Å². The van der Waals surface area contributed by atoms with Crippen molar-refractivity contribution >= 4 is 17.5 Å². The molecular weight excluding hydrogens is 314 g/mol. The Morgan fingerprint density at radius 1 is 1.13 bits per heavy atom. The molecule has 2 aromatic rings. The zero-order chi connectivity index (χ0) is 16.5. The molecule has 0 aliphatic heterocycles. The molecule has 1 unspecified atom stereocenters. The van der Waals surface area contributed by atoms with E-state index < -0.39 is 0 Å². The lowest BCUT2D eigenvalue weighted by Crippen LogP contribution is -2.30. The summed E-state index contributed by atoms with van der Waals surface area (Å²) in [7, 11) is 0. The molecule has 2 aromatic carbocycles. The Kier molecular flexibility index (Phi) is 6.91. The molecule has 0 bridgehead atoms. The summed E-state index contributed by atoms with van der Waals surface area (Å²) in [5.41, 5.74) is 0.974. The van der Waals surface area contributed by atoms with Crippen molar-refractivity contribution in [2.45, 2.75) is 18.9 Å². The molecule has 122 valence electrons. The zero-order valence-corrected chi connectivity index (χ0v) is 13.5. The smallest absolute Gasteiger partial charge is 0.223 e. The van der Waals surface area contributed by atoms with Crippen molar-refractivity contribution < 1.29 is 14.6 Å². The van der Waals surface area contributed by atoms with Crippen LogP contribution in [-0.4, -0.2) is 24.2 Å². The molecule has 0 spiro atoms. The van der Waals surface area contributed by atoms with Crippen molar-refractivity contribution in [3.63, 3.8) is 0 Å².